The smallest absolute Gasteiger partial charge is 0.223 e. The second-order valence-corrected chi connectivity index (χ2v) is 5.58. The molecule has 1 unspecified atom stereocenters. The van der Waals surface area contributed by atoms with Gasteiger partial charge in [0.05, 0.1) is 0 Å². The summed E-state index contributed by atoms with van der Waals surface area (Å²) < 4.78 is 0. The fourth-order valence-corrected chi connectivity index (χ4v) is 3.03. The topological polar surface area (TPSA) is 32.3 Å². The van der Waals surface area contributed by atoms with E-state index in [1.165, 1.54) is 12.1 Å². The lowest BCUT2D eigenvalue weighted by atomic mass is 10.0. The molecule has 0 radical (unpaired) electrons. The second-order valence-electron chi connectivity index (χ2n) is 5.58. The van der Waals surface area contributed by atoms with E-state index in [1.807, 2.05) is 6.07 Å². The third-order valence-corrected chi connectivity index (χ3v) is 4.33. The van der Waals surface area contributed by atoms with E-state index in [9.17, 15) is 4.79 Å². The number of benzene rings is 1. The first-order valence-corrected chi connectivity index (χ1v) is 7.85. The van der Waals surface area contributed by atoms with Gasteiger partial charge in [-0.05, 0) is 37.8 Å². The summed E-state index contributed by atoms with van der Waals surface area (Å²) in [6, 6.07) is 10.9. The predicted molar refractivity (Wildman–Crippen MR) is 83.9 cm³/mol. The molecule has 1 aromatic carbocycles. The number of hydrogen-bond acceptors (Lipinski definition) is 2. The Hall–Kier alpha value is -1.51. The number of para-hydroxylation sites is 1. The van der Waals surface area contributed by atoms with Crippen molar-refractivity contribution in [2.24, 2.45) is 5.92 Å². The lowest BCUT2D eigenvalue weighted by Crippen LogP contribution is -2.42. The first kappa shape index (κ1) is 14.9. The monoisotopic (exact) mass is 274 g/mol. The summed E-state index contributed by atoms with van der Waals surface area (Å²) in [4.78, 5) is 14.5. The minimum absolute atomic E-state index is 0.168. The van der Waals surface area contributed by atoms with Gasteiger partial charge in [-0.15, -0.1) is 0 Å². The third kappa shape index (κ3) is 3.53. The van der Waals surface area contributed by atoms with Crippen molar-refractivity contribution >= 4 is 11.6 Å². The molecule has 110 valence electrons. The van der Waals surface area contributed by atoms with Crippen LogP contribution in [-0.2, 0) is 4.79 Å². The summed E-state index contributed by atoms with van der Waals surface area (Å²) in [7, 11) is 0. The zero-order chi connectivity index (χ0) is 14.4. The van der Waals surface area contributed by atoms with E-state index in [0.29, 0.717) is 6.04 Å². The Morgan fingerprint density at radius 2 is 2.00 bits per heavy atom. The normalized spacial score (nSPS) is 18.6. The van der Waals surface area contributed by atoms with E-state index in [0.717, 1.165) is 32.4 Å². The third-order valence-electron chi connectivity index (χ3n) is 4.33. The van der Waals surface area contributed by atoms with Gasteiger partial charge in [0.1, 0.15) is 0 Å². The second kappa shape index (κ2) is 7.32. The Balaban J connectivity index is 1.90. The number of nitrogens with zero attached hydrogens (tertiary/aromatic N) is 1. The molecule has 1 N–H and O–H groups in total. The SMILES string of the molecule is CCC(CC)C(=O)NCC1CCCN1c1ccccc1. The van der Waals surface area contributed by atoms with Crippen LogP contribution in [0.3, 0.4) is 0 Å². The van der Waals surface area contributed by atoms with Gasteiger partial charge < -0.3 is 10.2 Å². The van der Waals surface area contributed by atoms with Crippen molar-refractivity contribution in [3.8, 4) is 0 Å². The molecule has 0 spiro atoms. The zero-order valence-electron chi connectivity index (χ0n) is 12.6. The molecule has 0 aliphatic carbocycles. The van der Waals surface area contributed by atoms with E-state index < -0.39 is 0 Å². The van der Waals surface area contributed by atoms with E-state index in [-0.39, 0.29) is 11.8 Å². The molecule has 1 amide bonds. The van der Waals surface area contributed by atoms with Crippen molar-refractivity contribution in [2.45, 2.75) is 45.6 Å². The van der Waals surface area contributed by atoms with Gasteiger partial charge >= 0.3 is 0 Å². The minimum atomic E-state index is 0.168. The van der Waals surface area contributed by atoms with E-state index in [4.69, 9.17) is 0 Å². The fraction of sp³-hybridized carbons (Fsp3) is 0.588. The highest BCUT2D eigenvalue weighted by Gasteiger charge is 2.25. The Morgan fingerprint density at radius 3 is 2.65 bits per heavy atom. The molecule has 2 rings (SSSR count). The molecule has 3 heteroatoms. The molecular weight excluding hydrogens is 248 g/mol. The quantitative estimate of drug-likeness (QED) is 0.864. The largest absolute Gasteiger partial charge is 0.367 e. The van der Waals surface area contributed by atoms with Crippen molar-refractivity contribution in [2.75, 3.05) is 18.0 Å². The van der Waals surface area contributed by atoms with E-state index >= 15 is 0 Å². The Morgan fingerprint density at radius 1 is 1.30 bits per heavy atom. The average Bonchev–Trinajstić information content (AvgIpc) is 2.95. The highest BCUT2D eigenvalue weighted by atomic mass is 16.1. The molecule has 1 aliphatic heterocycles. The van der Waals surface area contributed by atoms with Gasteiger partial charge in [0.25, 0.3) is 0 Å². The Labute approximate surface area is 122 Å². The number of carbonyl (C=O) groups excluding carboxylic acids is 1. The van der Waals surface area contributed by atoms with Gasteiger partial charge in [-0.1, -0.05) is 32.0 Å². The van der Waals surface area contributed by atoms with Crippen LogP contribution in [0.15, 0.2) is 30.3 Å². The van der Waals surface area contributed by atoms with E-state index in [1.54, 1.807) is 0 Å². The summed E-state index contributed by atoms with van der Waals surface area (Å²) >= 11 is 0. The molecule has 0 bridgehead atoms. The van der Waals surface area contributed by atoms with Crippen molar-refractivity contribution < 1.29 is 4.79 Å². The maximum Gasteiger partial charge on any atom is 0.223 e. The molecule has 1 aromatic rings. The van der Waals surface area contributed by atoms with Crippen LogP contribution in [0, 0.1) is 5.92 Å². The van der Waals surface area contributed by atoms with Gasteiger partial charge in [-0.2, -0.15) is 0 Å². The van der Waals surface area contributed by atoms with Crippen molar-refractivity contribution in [3.63, 3.8) is 0 Å². The molecule has 3 nitrogen and oxygen atoms in total. The van der Waals surface area contributed by atoms with Crippen LogP contribution < -0.4 is 10.2 Å². The number of nitrogens with one attached hydrogen (secondary N) is 1. The molecule has 1 heterocycles. The van der Waals surface area contributed by atoms with Crippen LogP contribution >= 0.6 is 0 Å². The lowest BCUT2D eigenvalue weighted by molar-refractivity contribution is -0.125. The number of carbonyl (C=O) groups is 1. The van der Waals surface area contributed by atoms with Gasteiger partial charge in [-0.3, -0.25) is 4.79 Å². The summed E-state index contributed by atoms with van der Waals surface area (Å²) in [5.74, 6) is 0.386. The first-order chi connectivity index (χ1) is 9.76. The molecular formula is C17H26N2O. The number of hydrogen-bond donors (Lipinski definition) is 1. The highest BCUT2D eigenvalue weighted by Crippen LogP contribution is 2.24. The molecule has 20 heavy (non-hydrogen) atoms. The fourth-order valence-electron chi connectivity index (χ4n) is 3.03. The summed E-state index contributed by atoms with van der Waals surface area (Å²) in [5.41, 5.74) is 1.27. The highest BCUT2D eigenvalue weighted by molar-refractivity contribution is 5.78. The lowest BCUT2D eigenvalue weighted by Gasteiger charge is -2.27. The van der Waals surface area contributed by atoms with Crippen LogP contribution in [0.2, 0.25) is 0 Å². The van der Waals surface area contributed by atoms with Crippen LogP contribution in [0.25, 0.3) is 0 Å². The van der Waals surface area contributed by atoms with Gasteiger partial charge in [0.15, 0.2) is 0 Å². The van der Waals surface area contributed by atoms with Crippen LogP contribution in [0.5, 0.6) is 0 Å². The summed E-state index contributed by atoms with van der Waals surface area (Å²) in [6.07, 6.45) is 4.23. The number of rotatable bonds is 6. The predicted octanol–water partition coefficient (Wildman–Crippen LogP) is 3.21. The Kier molecular flexibility index (Phi) is 5.45. The maximum atomic E-state index is 12.1. The van der Waals surface area contributed by atoms with Crippen LogP contribution in [0.4, 0.5) is 5.69 Å². The van der Waals surface area contributed by atoms with Gasteiger partial charge in [0.2, 0.25) is 5.91 Å². The molecule has 1 aliphatic rings. The van der Waals surface area contributed by atoms with E-state index in [2.05, 4.69) is 48.3 Å². The molecule has 1 saturated heterocycles. The average molecular weight is 274 g/mol. The zero-order valence-corrected chi connectivity index (χ0v) is 12.6. The minimum Gasteiger partial charge on any atom is -0.367 e. The van der Waals surface area contributed by atoms with Crippen molar-refractivity contribution in [1.29, 1.82) is 0 Å². The number of anilines is 1. The first-order valence-electron chi connectivity index (χ1n) is 7.85. The summed E-state index contributed by atoms with van der Waals surface area (Å²) in [6.45, 7) is 6.03. The standard InChI is InChI=1S/C17H26N2O/c1-3-14(4-2)17(20)18-13-16-11-8-12-19(16)15-9-6-5-7-10-15/h5-7,9-10,14,16H,3-4,8,11-13H2,1-2H3,(H,18,20). The van der Waals surface area contributed by atoms with Crippen LogP contribution in [0.1, 0.15) is 39.5 Å². The number of amides is 1. The molecule has 0 aromatic heterocycles. The van der Waals surface area contributed by atoms with Gasteiger partial charge in [-0.25, -0.2) is 0 Å². The molecule has 1 fully saturated rings. The maximum absolute atomic E-state index is 12.1. The van der Waals surface area contributed by atoms with Crippen molar-refractivity contribution in [3.05, 3.63) is 30.3 Å². The molecule has 1 atom stereocenters. The molecule has 0 saturated carbocycles. The van der Waals surface area contributed by atoms with Crippen LogP contribution in [-0.4, -0.2) is 25.0 Å². The van der Waals surface area contributed by atoms with Gasteiger partial charge in [0, 0.05) is 30.7 Å². The summed E-state index contributed by atoms with van der Waals surface area (Å²) in [5, 5.41) is 3.15. The van der Waals surface area contributed by atoms with Crippen molar-refractivity contribution in [1.82, 2.24) is 5.32 Å². The Bertz CT molecular complexity index is 414.